The van der Waals surface area contributed by atoms with E-state index in [0.29, 0.717) is 25.9 Å². The van der Waals surface area contributed by atoms with Crippen LogP contribution in [0.2, 0.25) is 5.02 Å². The molecule has 1 heterocycles. The highest BCUT2D eigenvalue weighted by Crippen LogP contribution is 2.28. The molecule has 1 aliphatic rings. The lowest BCUT2D eigenvalue weighted by Crippen LogP contribution is -2.44. The average Bonchev–Trinajstić information content (AvgIpc) is 2.41. The van der Waals surface area contributed by atoms with Crippen molar-refractivity contribution in [2.75, 3.05) is 18.4 Å². The summed E-state index contributed by atoms with van der Waals surface area (Å²) in [5.41, 5.74) is -0.430. The maximum Gasteiger partial charge on any atom is 0.410 e. The Hall–Kier alpha value is -1.56. The number of nitrogens with one attached hydrogen (secondary N) is 1. The lowest BCUT2D eigenvalue weighted by atomic mass is 10.0. The summed E-state index contributed by atoms with van der Waals surface area (Å²) in [6.07, 6.45) is 0.917. The minimum atomic E-state index is -0.718. The van der Waals surface area contributed by atoms with Crippen molar-refractivity contribution >= 4 is 23.4 Å². The van der Waals surface area contributed by atoms with Crippen LogP contribution in [0, 0.1) is 11.6 Å². The molecule has 0 aliphatic carbocycles. The van der Waals surface area contributed by atoms with Crippen LogP contribution in [0.5, 0.6) is 0 Å². The molecule has 1 fully saturated rings. The molecule has 0 unspecified atom stereocenters. The Morgan fingerprint density at radius 1 is 1.30 bits per heavy atom. The van der Waals surface area contributed by atoms with Crippen LogP contribution < -0.4 is 5.32 Å². The molecular weight excluding hydrogens is 326 g/mol. The van der Waals surface area contributed by atoms with Gasteiger partial charge in [0.15, 0.2) is 5.82 Å². The number of piperidine rings is 1. The standard InChI is InChI=1S/C16H21ClF2N2O2/c1-16(2,3)23-15(22)21-6-4-11(5-7-21)20-14-12(17)8-10(18)9-13(14)19/h8-9,11,20H,4-7H2,1-3H3. The molecular formula is C16H21ClF2N2O2. The Morgan fingerprint density at radius 3 is 2.43 bits per heavy atom. The summed E-state index contributed by atoms with van der Waals surface area (Å²) in [4.78, 5) is 13.6. The molecule has 23 heavy (non-hydrogen) atoms. The number of ether oxygens (including phenoxy) is 1. The smallest absolute Gasteiger partial charge is 0.410 e. The maximum atomic E-state index is 13.8. The number of carbonyl (C=O) groups excluding carboxylic acids is 1. The third kappa shape index (κ3) is 4.96. The molecule has 0 atom stereocenters. The predicted octanol–water partition coefficient (Wildman–Crippen LogP) is 4.43. The molecule has 4 nitrogen and oxygen atoms in total. The topological polar surface area (TPSA) is 41.6 Å². The van der Waals surface area contributed by atoms with Crippen LogP contribution >= 0.6 is 11.6 Å². The Balaban J connectivity index is 1.92. The van der Waals surface area contributed by atoms with Crippen LogP contribution in [0.3, 0.4) is 0 Å². The first kappa shape index (κ1) is 17.8. The molecule has 0 aromatic heterocycles. The van der Waals surface area contributed by atoms with Crippen LogP contribution in [-0.2, 0) is 4.74 Å². The summed E-state index contributed by atoms with van der Waals surface area (Å²) in [5, 5.41) is 3.01. The fourth-order valence-electron chi connectivity index (χ4n) is 2.42. The van der Waals surface area contributed by atoms with Gasteiger partial charge in [-0.15, -0.1) is 0 Å². The lowest BCUT2D eigenvalue weighted by Gasteiger charge is -2.34. The number of halogens is 3. The molecule has 0 spiro atoms. The van der Waals surface area contributed by atoms with Crippen molar-refractivity contribution in [3.05, 3.63) is 28.8 Å². The van der Waals surface area contributed by atoms with Gasteiger partial charge in [0, 0.05) is 25.2 Å². The van der Waals surface area contributed by atoms with Crippen molar-refractivity contribution in [3.8, 4) is 0 Å². The zero-order chi connectivity index (χ0) is 17.2. The highest BCUT2D eigenvalue weighted by Gasteiger charge is 2.27. The quantitative estimate of drug-likeness (QED) is 0.861. The molecule has 1 aromatic carbocycles. The minimum Gasteiger partial charge on any atom is -0.444 e. The monoisotopic (exact) mass is 346 g/mol. The van der Waals surface area contributed by atoms with Gasteiger partial charge < -0.3 is 15.0 Å². The zero-order valence-corrected chi connectivity index (χ0v) is 14.2. The molecule has 0 bridgehead atoms. The molecule has 7 heteroatoms. The second-order valence-electron chi connectivity index (χ2n) is 6.63. The summed E-state index contributed by atoms with van der Waals surface area (Å²) >= 11 is 5.88. The Labute approximate surface area is 139 Å². The number of rotatable bonds is 2. The number of likely N-dealkylation sites (tertiary alicyclic amines) is 1. The van der Waals surface area contributed by atoms with Crippen molar-refractivity contribution in [3.63, 3.8) is 0 Å². The largest absolute Gasteiger partial charge is 0.444 e. The van der Waals surface area contributed by atoms with Gasteiger partial charge in [0.2, 0.25) is 0 Å². The molecule has 1 aromatic rings. The van der Waals surface area contributed by atoms with Crippen molar-refractivity contribution < 1.29 is 18.3 Å². The van der Waals surface area contributed by atoms with E-state index in [1.54, 1.807) is 4.90 Å². The van der Waals surface area contributed by atoms with E-state index >= 15 is 0 Å². The second-order valence-corrected chi connectivity index (χ2v) is 7.04. The molecule has 1 N–H and O–H groups in total. The van der Waals surface area contributed by atoms with Gasteiger partial charge in [-0.2, -0.15) is 0 Å². The zero-order valence-electron chi connectivity index (χ0n) is 13.5. The van der Waals surface area contributed by atoms with Crippen molar-refractivity contribution in [2.45, 2.75) is 45.3 Å². The van der Waals surface area contributed by atoms with Crippen LogP contribution in [0.15, 0.2) is 12.1 Å². The van der Waals surface area contributed by atoms with Gasteiger partial charge in [0.1, 0.15) is 11.4 Å². The summed E-state index contributed by atoms with van der Waals surface area (Å²) in [6, 6.07) is 1.83. The van der Waals surface area contributed by atoms with E-state index < -0.39 is 17.2 Å². The van der Waals surface area contributed by atoms with Crippen LogP contribution in [0.4, 0.5) is 19.3 Å². The molecule has 1 aliphatic heterocycles. The average molecular weight is 347 g/mol. The molecule has 128 valence electrons. The first-order chi connectivity index (χ1) is 10.7. The van der Waals surface area contributed by atoms with Gasteiger partial charge in [-0.25, -0.2) is 13.6 Å². The molecule has 1 saturated heterocycles. The van der Waals surface area contributed by atoms with Crippen LogP contribution in [0.1, 0.15) is 33.6 Å². The summed E-state index contributed by atoms with van der Waals surface area (Å²) < 4.78 is 32.2. The normalized spacial score (nSPS) is 16.3. The van der Waals surface area contributed by atoms with E-state index in [2.05, 4.69) is 5.32 Å². The van der Waals surface area contributed by atoms with Gasteiger partial charge >= 0.3 is 6.09 Å². The number of anilines is 1. The fourth-order valence-corrected chi connectivity index (χ4v) is 2.67. The number of benzene rings is 1. The van der Waals surface area contributed by atoms with E-state index in [1.165, 1.54) is 0 Å². The molecule has 0 radical (unpaired) electrons. The van der Waals surface area contributed by atoms with Gasteiger partial charge in [0.25, 0.3) is 0 Å². The number of amides is 1. The lowest BCUT2D eigenvalue weighted by molar-refractivity contribution is 0.0210. The first-order valence-corrected chi connectivity index (χ1v) is 7.92. The Morgan fingerprint density at radius 2 is 1.91 bits per heavy atom. The fraction of sp³-hybridized carbons (Fsp3) is 0.562. The summed E-state index contributed by atoms with van der Waals surface area (Å²) in [7, 11) is 0. The molecule has 1 amide bonds. The van der Waals surface area contributed by atoms with E-state index in [0.717, 1.165) is 12.1 Å². The third-order valence-corrected chi connectivity index (χ3v) is 3.80. The number of carbonyl (C=O) groups is 1. The maximum absolute atomic E-state index is 13.8. The van der Waals surface area contributed by atoms with Crippen molar-refractivity contribution in [1.29, 1.82) is 0 Å². The van der Waals surface area contributed by atoms with Crippen molar-refractivity contribution in [2.24, 2.45) is 0 Å². The molecule has 0 saturated carbocycles. The second kappa shape index (κ2) is 6.91. The van der Waals surface area contributed by atoms with E-state index in [-0.39, 0.29) is 22.8 Å². The number of hydrogen-bond acceptors (Lipinski definition) is 3. The van der Waals surface area contributed by atoms with Gasteiger partial charge in [0.05, 0.1) is 10.7 Å². The van der Waals surface area contributed by atoms with Crippen LogP contribution in [0.25, 0.3) is 0 Å². The van der Waals surface area contributed by atoms with E-state index in [9.17, 15) is 13.6 Å². The van der Waals surface area contributed by atoms with Crippen molar-refractivity contribution in [1.82, 2.24) is 4.90 Å². The number of hydrogen-bond donors (Lipinski definition) is 1. The first-order valence-electron chi connectivity index (χ1n) is 7.55. The molecule has 2 rings (SSSR count). The Bertz CT molecular complexity index is 559. The minimum absolute atomic E-state index is 0.0112. The van der Waals surface area contributed by atoms with Gasteiger partial charge in [-0.3, -0.25) is 0 Å². The van der Waals surface area contributed by atoms with Crippen LogP contribution in [-0.4, -0.2) is 35.7 Å². The Kier molecular flexibility index (Phi) is 5.34. The highest BCUT2D eigenvalue weighted by molar-refractivity contribution is 6.33. The SMILES string of the molecule is CC(C)(C)OC(=O)N1CCC(Nc2c(F)cc(F)cc2Cl)CC1. The predicted molar refractivity (Wildman–Crippen MR) is 85.8 cm³/mol. The highest BCUT2D eigenvalue weighted by atomic mass is 35.5. The van der Waals surface area contributed by atoms with E-state index in [4.69, 9.17) is 16.3 Å². The summed E-state index contributed by atoms with van der Waals surface area (Å²) in [5.74, 6) is -1.43. The number of nitrogens with zero attached hydrogens (tertiary/aromatic N) is 1. The van der Waals surface area contributed by atoms with Gasteiger partial charge in [-0.1, -0.05) is 11.6 Å². The third-order valence-electron chi connectivity index (χ3n) is 3.50. The van der Waals surface area contributed by atoms with E-state index in [1.807, 2.05) is 20.8 Å². The summed E-state index contributed by atoms with van der Waals surface area (Å²) in [6.45, 7) is 6.47. The van der Waals surface area contributed by atoms with Gasteiger partial charge in [-0.05, 0) is 39.7 Å².